The van der Waals surface area contributed by atoms with Crippen molar-refractivity contribution in [2.24, 2.45) is 0 Å². The molecule has 0 atom stereocenters. The number of aryl methyl sites for hydroxylation is 1. The molecule has 2 aromatic carbocycles. The third-order valence-corrected chi connectivity index (χ3v) is 2.61. The summed E-state index contributed by atoms with van der Waals surface area (Å²) in [6, 6.07) is 16.3. The van der Waals surface area contributed by atoms with E-state index in [2.05, 4.69) is 31.7 Å². The van der Waals surface area contributed by atoms with Crippen LogP contribution >= 0.6 is 0 Å². The van der Waals surface area contributed by atoms with Gasteiger partial charge in [0.2, 0.25) is 0 Å². The smallest absolute Gasteiger partial charge is 0.120 e. The number of hydrogen-bond acceptors (Lipinski definition) is 1. The lowest BCUT2D eigenvalue weighted by atomic mass is 10.1. The molecule has 0 aliphatic rings. The number of benzene rings is 2. The topological polar surface area (TPSA) is 9.23 Å². The molecule has 0 amide bonds. The van der Waals surface area contributed by atoms with Crippen molar-refractivity contribution in [3.63, 3.8) is 0 Å². The highest BCUT2D eigenvalue weighted by atomic mass is 16.5. The van der Waals surface area contributed by atoms with Gasteiger partial charge in [0.15, 0.2) is 0 Å². The molecule has 2 aromatic rings. The van der Waals surface area contributed by atoms with E-state index in [4.69, 9.17) is 4.74 Å². The zero-order valence-corrected chi connectivity index (χ0v) is 10.0. The molecular weight excluding hydrogens is 208 g/mol. The summed E-state index contributed by atoms with van der Waals surface area (Å²) >= 11 is 0. The van der Waals surface area contributed by atoms with Gasteiger partial charge in [0, 0.05) is 0 Å². The van der Waals surface area contributed by atoms with Crippen molar-refractivity contribution in [1.29, 1.82) is 0 Å². The fourth-order valence-electron chi connectivity index (χ4n) is 1.62. The van der Waals surface area contributed by atoms with Gasteiger partial charge in [-0.1, -0.05) is 49.1 Å². The first-order valence-corrected chi connectivity index (χ1v) is 5.69. The fraction of sp³-hybridized carbons (Fsp3) is 0.125. The quantitative estimate of drug-likeness (QED) is 0.755. The van der Waals surface area contributed by atoms with E-state index in [9.17, 15) is 0 Å². The first-order chi connectivity index (χ1) is 8.28. The van der Waals surface area contributed by atoms with Crippen LogP contribution in [0, 0.1) is 6.92 Å². The molecule has 0 aliphatic heterocycles. The monoisotopic (exact) mass is 224 g/mol. The molecule has 2 rings (SSSR count). The highest BCUT2D eigenvalue weighted by Crippen LogP contribution is 2.15. The van der Waals surface area contributed by atoms with Gasteiger partial charge in [-0.2, -0.15) is 0 Å². The molecule has 17 heavy (non-hydrogen) atoms. The highest BCUT2D eigenvalue weighted by molar-refractivity contribution is 5.47. The standard InChI is InChI=1S/C16H16O/c1-3-14-7-9-15(10-8-14)12-17-16-6-4-5-13(2)11-16/h3-11H,1,12H2,2H3. The Morgan fingerprint density at radius 1 is 1.12 bits per heavy atom. The zero-order valence-electron chi connectivity index (χ0n) is 10.0. The van der Waals surface area contributed by atoms with E-state index >= 15 is 0 Å². The predicted molar refractivity (Wildman–Crippen MR) is 72.0 cm³/mol. The molecule has 1 heteroatoms. The molecule has 0 N–H and O–H groups in total. The summed E-state index contributed by atoms with van der Waals surface area (Å²) in [7, 11) is 0. The van der Waals surface area contributed by atoms with Crippen molar-refractivity contribution in [2.45, 2.75) is 13.5 Å². The zero-order chi connectivity index (χ0) is 12.1. The van der Waals surface area contributed by atoms with Gasteiger partial charge < -0.3 is 4.74 Å². The Kier molecular flexibility index (Phi) is 3.61. The summed E-state index contributed by atoms with van der Waals surface area (Å²) in [6.07, 6.45) is 1.84. The van der Waals surface area contributed by atoms with Crippen molar-refractivity contribution in [3.8, 4) is 5.75 Å². The first kappa shape index (κ1) is 11.5. The van der Waals surface area contributed by atoms with E-state index in [0.29, 0.717) is 6.61 Å². The van der Waals surface area contributed by atoms with Crippen LogP contribution < -0.4 is 4.74 Å². The maximum Gasteiger partial charge on any atom is 0.120 e. The third kappa shape index (κ3) is 3.22. The lowest BCUT2D eigenvalue weighted by Crippen LogP contribution is -1.95. The molecule has 0 saturated heterocycles. The van der Waals surface area contributed by atoms with Gasteiger partial charge in [0.25, 0.3) is 0 Å². The van der Waals surface area contributed by atoms with Gasteiger partial charge in [-0.05, 0) is 35.7 Å². The minimum absolute atomic E-state index is 0.598. The Labute approximate surface area is 102 Å². The number of hydrogen-bond donors (Lipinski definition) is 0. The van der Waals surface area contributed by atoms with Crippen LogP contribution in [-0.2, 0) is 6.61 Å². The van der Waals surface area contributed by atoms with E-state index < -0.39 is 0 Å². The molecule has 86 valence electrons. The Bertz CT molecular complexity index is 497. The average molecular weight is 224 g/mol. The van der Waals surface area contributed by atoms with Crippen molar-refractivity contribution in [3.05, 3.63) is 71.8 Å². The number of rotatable bonds is 4. The molecule has 0 saturated carbocycles. The Morgan fingerprint density at radius 2 is 1.88 bits per heavy atom. The molecular formula is C16H16O. The SMILES string of the molecule is C=Cc1ccc(COc2cccc(C)c2)cc1. The van der Waals surface area contributed by atoms with Crippen molar-refractivity contribution < 1.29 is 4.74 Å². The van der Waals surface area contributed by atoms with Crippen LogP contribution in [-0.4, -0.2) is 0 Å². The van der Waals surface area contributed by atoms with Crippen LogP contribution in [0.1, 0.15) is 16.7 Å². The second-order valence-corrected chi connectivity index (χ2v) is 4.05. The van der Waals surface area contributed by atoms with E-state index in [1.807, 2.05) is 36.4 Å². The Hall–Kier alpha value is -2.02. The minimum atomic E-state index is 0.598. The molecule has 0 unspecified atom stereocenters. The second-order valence-electron chi connectivity index (χ2n) is 4.05. The van der Waals surface area contributed by atoms with E-state index in [0.717, 1.165) is 16.9 Å². The van der Waals surface area contributed by atoms with E-state index in [1.165, 1.54) is 5.56 Å². The highest BCUT2D eigenvalue weighted by Gasteiger charge is 1.96. The molecule has 0 radical (unpaired) electrons. The minimum Gasteiger partial charge on any atom is -0.489 e. The Balaban J connectivity index is 1.99. The summed E-state index contributed by atoms with van der Waals surface area (Å²) in [5.74, 6) is 0.915. The normalized spacial score (nSPS) is 9.94. The van der Waals surface area contributed by atoms with Crippen molar-refractivity contribution in [2.75, 3.05) is 0 Å². The van der Waals surface area contributed by atoms with Gasteiger partial charge in [-0.15, -0.1) is 0 Å². The summed E-state index contributed by atoms with van der Waals surface area (Å²) < 4.78 is 5.72. The largest absolute Gasteiger partial charge is 0.489 e. The molecule has 0 fully saturated rings. The average Bonchev–Trinajstić information content (AvgIpc) is 2.37. The van der Waals surface area contributed by atoms with Gasteiger partial charge in [-0.3, -0.25) is 0 Å². The Morgan fingerprint density at radius 3 is 2.53 bits per heavy atom. The lowest BCUT2D eigenvalue weighted by molar-refractivity contribution is 0.306. The lowest BCUT2D eigenvalue weighted by Gasteiger charge is -2.07. The summed E-state index contributed by atoms with van der Waals surface area (Å²) in [5, 5.41) is 0. The predicted octanol–water partition coefficient (Wildman–Crippen LogP) is 4.22. The molecule has 1 nitrogen and oxygen atoms in total. The molecule has 0 aliphatic carbocycles. The second kappa shape index (κ2) is 5.35. The maximum atomic E-state index is 5.72. The van der Waals surface area contributed by atoms with E-state index in [-0.39, 0.29) is 0 Å². The van der Waals surface area contributed by atoms with Gasteiger partial charge >= 0.3 is 0 Å². The summed E-state index contributed by atoms with van der Waals surface area (Å²) in [5.41, 5.74) is 3.51. The van der Waals surface area contributed by atoms with Gasteiger partial charge in [0.05, 0.1) is 0 Å². The maximum absolute atomic E-state index is 5.72. The third-order valence-electron chi connectivity index (χ3n) is 2.61. The molecule has 0 heterocycles. The van der Waals surface area contributed by atoms with Crippen LogP contribution in [0.5, 0.6) is 5.75 Å². The molecule has 0 aromatic heterocycles. The summed E-state index contributed by atoms with van der Waals surface area (Å²) in [6.45, 7) is 6.39. The van der Waals surface area contributed by atoms with E-state index in [1.54, 1.807) is 0 Å². The van der Waals surface area contributed by atoms with Crippen LogP contribution in [0.3, 0.4) is 0 Å². The van der Waals surface area contributed by atoms with Crippen LogP contribution in [0.15, 0.2) is 55.1 Å². The van der Waals surface area contributed by atoms with Crippen LogP contribution in [0.25, 0.3) is 6.08 Å². The van der Waals surface area contributed by atoms with Gasteiger partial charge in [-0.25, -0.2) is 0 Å². The van der Waals surface area contributed by atoms with Crippen LogP contribution in [0.4, 0.5) is 0 Å². The van der Waals surface area contributed by atoms with Crippen LogP contribution in [0.2, 0.25) is 0 Å². The molecule has 0 spiro atoms. The first-order valence-electron chi connectivity index (χ1n) is 5.69. The fourth-order valence-corrected chi connectivity index (χ4v) is 1.62. The van der Waals surface area contributed by atoms with Gasteiger partial charge in [0.1, 0.15) is 12.4 Å². The van der Waals surface area contributed by atoms with Crippen molar-refractivity contribution >= 4 is 6.08 Å². The number of ether oxygens (including phenoxy) is 1. The summed E-state index contributed by atoms with van der Waals surface area (Å²) in [4.78, 5) is 0. The van der Waals surface area contributed by atoms with Crippen molar-refractivity contribution in [1.82, 2.24) is 0 Å². The molecule has 0 bridgehead atoms.